The smallest absolute Gasteiger partial charge is 0.148 e. The molecule has 1 atom stereocenters. The molecule has 1 N–H and O–H groups in total. The Bertz CT molecular complexity index is 611. The normalized spacial score (nSPS) is 12.5. The van der Waals surface area contributed by atoms with Gasteiger partial charge in [-0.15, -0.1) is 22.7 Å². The van der Waals surface area contributed by atoms with Gasteiger partial charge < -0.3 is 5.32 Å². The van der Waals surface area contributed by atoms with Crippen molar-refractivity contribution < 1.29 is 0 Å². The summed E-state index contributed by atoms with van der Waals surface area (Å²) in [4.78, 5) is 2.74. The fraction of sp³-hybridized carbons (Fsp3) is 0.214. The number of thiophene rings is 2. The van der Waals surface area contributed by atoms with Gasteiger partial charge in [0.05, 0.1) is 6.04 Å². The number of hydrogen-bond acceptors (Lipinski definition) is 4. The summed E-state index contributed by atoms with van der Waals surface area (Å²) in [6, 6.07) is 10.9. The molecule has 0 aliphatic carbocycles. The van der Waals surface area contributed by atoms with Crippen LogP contribution in [0.2, 0.25) is 0 Å². The van der Waals surface area contributed by atoms with Crippen molar-refractivity contribution in [3.05, 3.63) is 57.0 Å². The first kappa shape index (κ1) is 12.4. The molecule has 0 aromatic carbocycles. The molecule has 19 heavy (non-hydrogen) atoms. The number of nitrogens with zero attached hydrogens (tertiary/aromatic N) is 2. The Labute approximate surface area is 120 Å². The first-order valence-electron chi connectivity index (χ1n) is 6.13. The fourth-order valence-corrected chi connectivity index (χ4v) is 3.54. The van der Waals surface area contributed by atoms with E-state index in [1.54, 1.807) is 22.7 Å². The summed E-state index contributed by atoms with van der Waals surface area (Å²) in [6.45, 7) is 0. The highest BCUT2D eigenvalue weighted by atomic mass is 32.1. The molecular formula is C14H15N3S2. The van der Waals surface area contributed by atoms with E-state index in [2.05, 4.69) is 45.4 Å². The number of hydrogen-bond donors (Lipinski definition) is 1. The van der Waals surface area contributed by atoms with Crippen LogP contribution in [0.4, 0.5) is 5.82 Å². The molecule has 0 radical (unpaired) electrons. The van der Waals surface area contributed by atoms with Crippen molar-refractivity contribution in [3.63, 3.8) is 0 Å². The summed E-state index contributed by atoms with van der Waals surface area (Å²) in [5.41, 5.74) is 0. The average molecular weight is 289 g/mol. The molecule has 0 saturated heterocycles. The molecule has 0 spiro atoms. The van der Waals surface area contributed by atoms with Gasteiger partial charge >= 0.3 is 0 Å². The van der Waals surface area contributed by atoms with Crippen LogP contribution >= 0.6 is 22.7 Å². The molecule has 0 bridgehead atoms. The zero-order valence-electron chi connectivity index (χ0n) is 10.6. The Morgan fingerprint density at radius 2 is 2.05 bits per heavy atom. The maximum Gasteiger partial charge on any atom is 0.148 e. The van der Waals surface area contributed by atoms with Gasteiger partial charge in [0, 0.05) is 35.5 Å². The maximum absolute atomic E-state index is 4.40. The lowest BCUT2D eigenvalue weighted by Crippen LogP contribution is -2.12. The van der Waals surface area contributed by atoms with Crippen molar-refractivity contribution in [2.75, 3.05) is 5.32 Å². The molecule has 3 heterocycles. The highest BCUT2D eigenvalue weighted by Gasteiger charge is 2.15. The van der Waals surface area contributed by atoms with Crippen molar-refractivity contribution in [2.45, 2.75) is 12.5 Å². The third kappa shape index (κ3) is 3.05. The predicted octanol–water partition coefficient (Wildman–Crippen LogP) is 3.94. The Kier molecular flexibility index (Phi) is 3.66. The van der Waals surface area contributed by atoms with E-state index < -0.39 is 0 Å². The molecule has 0 fully saturated rings. The molecule has 3 nitrogen and oxygen atoms in total. The molecule has 98 valence electrons. The predicted molar refractivity (Wildman–Crippen MR) is 81.9 cm³/mol. The van der Waals surface area contributed by atoms with Crippen molar-refractivity contribution in [2.24, 2.45) is 7.05 Å². The van der Waals surface area contributed by atoms with E-state index in [-0.39, 0.29) is 6.04 Å². The Morgan fingerprint density at radius 3 is 2.68 bits per heavy atom. The van der Waals surface area contributed by atoms with Crippen LogP contribution in [0.15, 0.2) is 47.3 Å². The van der Waals surface area contributed by atoms with Crippen molar-refractivity contribution in [3.8, 4) is 0 Å². The number of aryl methyl sites for hydroxylation is 1. The second-order valence-electron chi connectivity index (χ2n) is 4.37. The number of anilines is 1. The Hall–Kier alpha value is -1.59. The van der Waals surface area contributed by atoms with Gasteiger partial charge in [0.2, 0.25) is 0 Å². The van der Waals surface area contributed by atoms with Crippen LogP contribution in [0.1, 0.15) is 15.8 Å². The lowest BCUT2D eigenvalue weighted by atomic mass is 10.1. The molecule has 3 rings (SSSR count). The van der Waals surface area contributed by atoms with Gasteiger partial charge in [0.25, 0.3) is 0 Å². The van der Waals surface area contributed by atoms with E-state index in [0.717, 1.165) is 12.2 Å². The lowest BCUT2D eigenvalue weighted by Gasteiger charge is -2.16. The minimum absolute atomic E-state index is 0.286. The number of rotatable bonds is 5. The van der Waals surface area contributed by atoms with Crippen LogP contribution in [-0.4, -0.2) is 9.78 Å². The summed E-state index contributed by atoms with van der Waals surface area (Å²) >= 11 is 3.59. The molecule has 3 aromatic heterocycles. The van der Waals surface area contributed by atoms with Crippen LogP contribution in [0.25, 0.3) is 0 Å². The van der Waals surface area contributed by atoms with Crippen molar-refractivity contribution >= 4 is 28.5 Å². The third-order valence-electron chi connectivity index (χ3n) is 2.91. The van der Waals surface area contributed by atoms with E-state index >= 15 is 0 Å². The van der Waals surface area contributed by atoms with Gasteiger partial charge in [-0.05, 0) is 22.9 Å². The average Bonchev–Trinajstić information content (AvgIpc) is 3.10. The zero-order valence-corrected chi connectivity index (χ0v) is 12.2. The van der Waals surface area contributed by atoms with Gasteiger partial charge in [-0.1, -0.05) is 12.1 Å². The van der Waals surface area contributed by atoms with Gasteiger partial charge in [-0.25, -0.2) is 0 Å². The van der Waals surface area contributed by atoms with Crippen molar-refractivity contribution in [1.82, 2.24) is 9.78 Å². The second kappa shape index (κ2) is 5.59. The third-order valence-corrected chi connectivity index (χ3v) is 4.79. The summed E-state index contributed by atoms with van der Waals surface area (Å²) < 4.78 is 1.82. The highest BCUT2D eigenvalue weighted by molar-refractivity contribution is 7.10. The van der Waals surface area contributed by atoms with Crippen LogP contribution in [0.3, 0.4) is 0 Å². The maximum atomic E-state index is 4.40. The monoisotopic (exact) mass is 289 g/mol. The lowest BCUT2D eigenvalue weighted by molar-refractivity contribution is 0.747. The summed E-state index contributed by atoms with van der Waals surface area (Å²) in [7, 11) is 1.94. The summed E-state index contributed by atoms with van der Waals surface area (Å²) in [5.74, 6) is 0.928. The molecule has 5 heteroatoms. The summed E-state index contributed by atoms with van der Waals surface area (Å²) in [6.07, 6.45) is 2.95. The van der Waals surface area contributed by atoms with E-state index in [1.165, 1.54) is 9.75 Å². The number of nitrogens with one attached hydrogen (secondary N) is 1. The Morgan fingerprint density at radius 1 is 1.21 bits per heavy atom. The molecule has 0 saturated carbocycles. The van der Waals surface area contributed by atoms with Crippen LogP contribution in [0.5, 0.6) is 0 Å². The summed E-state index contributed by atoms with van der Waals surface area (Å²) in [5, 5.41) is 12.2. The van der Waals surface area contributed by atoms with Gasteiger partial charge in [-0.2, -0.15) is 5.10 Å². The molecule has 0 aliphatic rings. The van der Waals surface area contributed by atoms with Crippen LogP contribution in [-0.2, 0) is 13.5 Å². The Balaban J connectivity index is 1.80. The SMILES string of the molecule is Cn1ccc(NC(Cc2cccs2)c2cccs2)n1. The first-order valence-corrected chi connectivity index (χ1v) is 7.89. The van der Waals surface area contributed by atoms with E-state index in [1.807, 2.05) is 24.0 Å². The second-order valence-corrected chi connectivity index (χ2v) is 6.38. The van der Waals surface area contributed by atoms with E-state index in [4.69, 9.17) is 0 Å². The van der Waals surface area contributed by atoms with Gasteiger partial charge in [0.15, 0.2) is 0 Å². The van der Waals surface area contributed by atoms with Crippen molar-refractivity contribution in [1.29, 1.82) is 0 Å². The standard InChI is InChI=1S/C14H15N3S2/c1-17-7-6-14(16-17)15-12(13-5-3-9-19-13)10-11-4-2-8-18-11/h2-9,12H,10H2,1H3,(H,15,16). The van der Waals surface area contributed by atoms with Gasteiger partial charge in [-0.3, -0.25) is 4.68 Å². The largest absolute Gasteiger partial charge is 0.361 e. The quantitative estimate of drug-likeness (QED) is 0.771. The minimum Gasteiger partial charge on any atom is -0.361 e. The zero-order chi connectivity index (χ0) is 13.1. The fourth-order valence-electron chi connectivity index (χ4n) is 2.01. The molecule has 1 unspecified atom stereocenters. The minimum atomic E-state index is 0.286. The van der Waals surface area contributed by atoms with Crippen LogP contribution < -0.4 is 5.32 Å². The topological polar surface area (TPSA) is 29.9 Å². The van der Waals surface area contributed by atoms with E-state index in [9.17, 15) is 0 Å². The molecule has 0 aliphatic heterocycles. The molecular weight excluding hydrogens is 274 g/mol. The number of aromatic nitrogens is 2. The molecule has 0 amide bonds. The molecule has 3 aromatic rings. The first-order chi connectivity index (χ1) is 9.31. The van der Waals surface area contributed by atoms with E-state index in [0.29, 0.717) is 0 Å². The highest BCUT2D eigenvalue weighted by Crippen LogP contribution is 2.27. The van der Waals surface area contributed by atoms with Crippen LogP contribution in [0, 0.1) is 0 Å². The van der Waals surface area contributed by atoms with Gasteiger partial charge in [0.1, 0.15) is 5.82 Å².